The van der Waals surface area contributed by atoms with Gasteiger partial charge >= 0.3 is 5.97 Å². The van der Waals surface area contributed by atoms with Gasteiger partial charge in [0.25, 0.3) is 0 Å². The van der Waals surface area contributed by atoms with Crippen LogP contribution < -0.4 is 5.73 Å². The molecule has 2 unspecified atom stereocenters. The van der Waals surface area contributed by atoms with Crippen LogP contribution in [0.4, 0.5) is 0 Å². The first kappa shape index (κ1) is 17.8. The van der Waals surface area contributed by atoms with Crippen LogP contribution in [0.25, 0.3) is 0 Å². The molecule has 0 aromatic rings. The number of carboxylic acid groups (broad SMARTS) is 1. The normalized spacial score (nSPS) is 13.8. The lowest BCUT2D eigenvalue weighted by Crippen LogP contribution is -2.24. The van der Waals surface area contributed by atoms with Crippen LogP contribution in [0.3, 0.4) is 0 Å². The number of rotatable bonds is 11. The van der Waals surface area contributed by atoms with Crippen LogP contribution in [0.5, 0.6) is 0 Å². The molecule has 0 aliphatic heterocycles. The monoisotopic (exact) mass is 269 g/mol. The maximum Gasteiger partial charge on any atom is 0.314 e. The molecule has 4 heteroatoms. The molecule has 0 saturated carbocycles. The zero-order valence-corrected chi connectivity index (χ0v) is 12.2. The Labute approximate surface area is 116 Å². The van der Waals surface area contributed by atoms with E-state index in [1.807, 2.05) is 0 Å². The van der Waals surface area contributed by atoms with Gasteiger partial charge in [-0.1, -0.05) is 39.2 Å². The minimum atomic E-state index is -1.05. The van der Waals surface area contributed by atoms with Crippen LogP contribution in [0.1, 0.15) is 58.8 Å². The predicted molar refractivity (Wildman–Crippen MR) is 76.9 cm³/mol. The first-order chi connectivity index (χ1) is 8.90. The maximum atomic E-state index is 11.6. The third kappa shape index (κ3) is 7.78. The molecule has 0 saturated heterocycles. The Morgan fingerprint density at radius 1 is 1.16 bits per heavy atom. The lowest BCUT2D eigenvalue weighted by atomic mass is 9.92. The number of hydrogen-bond acceptors (Lipinski definition) is 3. The molecule has 0 aliphatic rings. The maximum absolute atomic E-state index is 11.6. The lowest BCUT2D eigenvalue weighted by molar-refractivity contribution is -0.145. The van der Waals surface area contributed by atoms with Crippen LogP contribution in [0.15, 0.2) is 12.2 Å². The van der Waals surface area contributed by atoms with Crippen molar-refractivity contribution in [2.45, 2.75) is 64.8 Å². The van der Waals surface area contributed by atoms with E-state index in [4.69, 9.17) is 10.8 Å². The fourth-order valence-corrected chi connectivity index (χ4v) is 2.03. The van der Waals surface area contributed by atoms with Gasteiger partial charge in [-0.15, -0.1) is 0 Å². The number of allylic oxidation sites excluding steroid dienone is 1. The van der Waals surface area contributed by atoms with Crippen LogP contribution in [-0.4, -0.2) is 22.9 Å². The standard InChI is InChI=1S/C15H27NO3/c1-4-5-8-12(16)9-6-7-10-13(15(18)19)14(17)11(2)3/h12-13H,2,4-10,16H2,1,3H3,(H,18,19). The average molecular weight is 269 g/mol. The molecule has 0 aromatic carbocycles. The highest BCUT2D eigenvalue weighted by molar-refractivity contribution is 6.07. The van der Waals surface area contributed by atoms with E-state index in [0.29, 0.717) is 12.0 Å². The van der Waals surface area contributed by atoms with Gasteiger partial charge in [0, 0.05) is 6.04 Å². The molecule has 0 aromatic heterocycles. The third-order valence-electron chi connectivity index (χ3n) is 3.28. The Balaban J connectivity index is 3.98. The minimum Gasteiger partial charge on any atom is -0.481 e. The summed E-state index contributed by atoms with van der Waals surface area (Å²) in [6, 6.07) is 0.195. The fraction of sp³-hybridized carbons (Fsp3) is 0.733. The highest BCUT2D eigenvalue weighted by Crippen LogP contribution is 2.16. The summed E-state index contributed by atoms with van der Waals surface area (Å²) in [5.74, 6) is -2.35. The molecule has 0 heterocycles. The zero-order valence-electron chi connectivity index (χ0n) is 12.2. The molecule has 0 aliphatic carbocycles. The molecule has 0 spiro atoms. The Morgan fingerprint density at radius 3 is 2.16 bits per heavy atom. The number of carbonyl (C=O) groups excluding carboxylic acids is 1. The number of nitrogens with two attached hydrogens (primary N) is 1. The van der Waals surface area contributed by atoms with Gasteiger partial charge in [0.05, 0.1) is 0 Å². The van der Waals surface area contributed by atoms with Gasteiger partial charge in [-0.25, -0.2) is 0 Å². The summed E-state index contributed by atoms with van der Waals surface area (Å²) in [6.45, 7) is 7.20. The lowest BCUT2D eigenvalue weighted by Gasteiger charge is -2.13. The topological polar surface area (TPSA) is 80.4 Å². The van der Waals surface area contributed by atoms with Crippen molar-refractivity contribution >= 4 is 11.8 Å². The van der Waals surface area contributed by atoms with Crippen LogP contribution in [0.2, 0.25) is 0 Å². The van der Waals surface area contributed by atoms with Crippen molar-refractivity contribution in [3.05, 3.63) is 12.2 Å². The van der Waals surface area contributed by atoms with E-state index in [9.17, 15) is 9.59 Å². The highest BCUT2D eigenvalue weighted by Gasteiger charge is 2.25. The van der Waals surface area contributed by atoms with E-state index in [0.717, 1.165) is 38.5 Å². The van der Waals surface area contributed by atoms with Gasteiger partial charge in [0.2, 0.25) is 0 Å². The van der Waals surface area contributed by atoms with E-state index in [-0.39, 0.29) is 11.8 Å². The average Bonchev–Trinajstić information content (AvgIpc) is 2.34. The SMILES string of the molecule is C=C(C)C(=O)C(CCCCC(N)CCCC)C(=O)O. The summed E-state index contributed by atoms with van der Waals surface area (Å²) in [4.78, 5) is 22.7. The Hall–Kier alpha value is -1.16. The number of hydrogen-bond donors (Lipinski definition) is 2. The zero-order chi connectivity index (χ0) is 14.8. The summed E-state index contributed by atoms with van der Waals surface area (Å²) >= 11 is 0. The second kappa shape index (κ2) is 9.73. The fourth-order valence-electron chi connectivity index (χ4n) is 2.03. The molecule has 0 bridgehead atoms. The molecule has 19 heavy (non-hydrogen) atoms. The smallest absolute Gasteiger partial charge is 0.314 e. The molecule has 0 amide bonds. The summed E-state index contributed by atoms with van der Waals surface area (Å²) in [5, 5.41) is 9.03. The molecule has 0 radical (unpaired) electrons. The summed E-state index contributed by atoms with van der Waals surface area (Å²) in [5.41, 5.74) is 6.26. The van der Waals surface area contributed by atoms with E-state index in [2.05, 4.69) is 13.5 Å². The number of unbranched alkanes of at least 4 members (excludes halogenated alkanes) is 2. The molecule has 3 N–H and O–H groups in total. The minimum absolute atomic E-state index is 0.195. The molecular weight excluding hydrogens is 242 g/mol. The van der Waals surface area contributed by atoms with Crippen molar-refractivity contribution in [2.75, 3.05) is 0 Å². The van der Waals surface area contributed by atoms with Gasteiger partial charge in [0.1, 0.15) is 5.92 Å². The van der Waals surface area contributed by atoms with Gasteiger partial charge in [-0.05, 0) is 31.8 Å². The second-order valence-corrected chi connectivity index (χ2v) is 5.22. The summed E-state index contributed by atoms with van der Waals surface area (Å²) < 4.78 is 0. The number of ketones is 1. The van der Waals surface area contributed by atoms with Crippen molar-refractivity contribution < 1.29 is 14.7 Å². The molecule has 0 fully saturated rings. The number of Topliss-reactive ketones (excluding diaryl/α,β-unsaturated/α-hetero) is 1. The van der Waals surface area contributed by atoms with Crippen molar-refractivity contribution in [1.82, 2.24) is 0 Å². The van der Waals surface area contributed by atoms with E-state index >= 15 is 0 Å². The Bertz CT molecular complexity index is 313. The van der Waals surface area contributed by atoms with Gasteiger partial charge in [-0.3, -0.25) is 9.59 Å². The highest BCUT2D eigenvalue weighted by atomic mass is 16.4. The quantitative estimate of drug-likeness (QED) is 0.343. The van der Waals surface area contributed by atoms with E-state index in [1.165, 1.54) is 0 Å². The first-order valence-electron chi connectivity index (χ1n) is 7.08. The predicted octanol–water partition coefficient (Wildman–Crippen LogP) is 2.91. The Kier molecular flexibility index (Phi) is 9.13. The summed E-state index contributed by atoms with van der Waals surface area (Å²) in [6.07, 6.45) is 6.15. The summed E-state index contributed by atoms with van der Waals surface area (Å²) in [7, 11) is 0. The molecule has 110 valence electrons. The van der Waals surface area contributed by atoms with Gasteiger partial charge < -0.3 is 10.8 Å². The largest absolute Gasteiger partial charge is 0.481 e. The van der Waals surface area contributed by atoms with Gasteiger partial charge in [0.15, 0.2) is 5.78 Å². The van der Waals surface area contributed by atoms with Crippen LogP contribution in [0, 0.1) is 5.92 Å². The van der Waals surface area contributed by atoms with Gasteiger partial charge in [-0.2, -0.15) is 0 Å². The van der Waals surface area contributed by atoms with Crippen molar-refractivity contribution in [1.29, 1.82) is 0 Å². The molecule has 4 nitrogen and oxygen atoms in total. The van der Waals surface area contributed by atoms with Crippen molar-refractivity contribution in [3.63, 3.8) is 0 Å². The number of carboxylic acids is 1. The van der Waals surface area contributed by atoms with Crippen molar-refractivity contribution in [3.8, 4) is 0 Å². The second-order valence-electron chi connectivity index (χ2n) is 5.22. The molecule has 0 rings (SSSR count). The van der Waals surface area contributed by atoms with E-state index < -0.39 is 11.9 Å². The van der Waals surface area contributed by atoms with E-state index in [1.54, 1.807) is 6.92 Å². The molecule has 2 atom stereocenters. The number of carbonyl (C=O) groups is 2. The van der Waals surface area contributed by atoms with Crippen LogP contribution >= 0.6 is 0 Å². The Morgan fingerprint density at radius 2 is 1.68 bits per heavy atom. The first-order valence-corrected chi connectivity index (χ1v) is 7.08. The third-order valence-corrected chi connectivity index (χ3v) is 3.28. The molecular formula is C15H27NO3. The van der Waals surface area contributed by atoms with Crippen LogP contribution in [-0.2, 0) is 9.59 Å². The number of aliphatic carboxylic acids is 1. The van der Waals surface area contributed by atoms with Crippen molar-refractivity contribution in [2.24, 2.45) is 11.7 Å².